The van der Waals surface area contributed by atoms with E-state index in [0.717, 1.165) is 26.5 Å². The molecule has 2 aromatic heterocycles. The van der Waals surface area contributed by atoms with Crippen LogP contribution in [0.2, 0.25) is 0 Å². The molecule has 0 aliphatic carbocycles. The molecule has 0 unspecified atom stereocenters. The average Bonchev–Trinajstić information content (AvgIpc) is 2.94. The van der Waals surface area contributed by atoms with Gasteiger partial charge in [-0.3, -0.25) is 0 Å². The zero-order valence-corrected chi connectivity index (χ0v) is 16.2. The summed E-state index contributed by atoms with van der Waals surface area (Å²) in [6.07, 6.45) is 5.79. The molecule has 3 rings (SSSR count). The molecular formula is C16H20BBrN2O2S. The second kappa shape index (κ2) is 5.95. The van der Waals surface area contributed by atoms with Crippen molar-refractivity contribution in [2.24, 2.45) is 0 Å². The summed E-state index contributed by atoms with van der Waals surface area (Å²) in [6, 6.07) is 2.05. The lowest BCUT2D eigenvalue weighted by Gasteiger charge is -2.32. The highest BCUT2D eigenvalue weighted by atomic mass is 79.9. The van der Waals surface area contributed by atoms with Crippen LogP contribution >= 0.6 is 28.6 Å². The van der Waals surface area contributed by atoms with Gasteiger partial charge in [0.05, 0.1) is 11.2 Å². The molecule has 0 saturated carbocycles. The quantitative estimate of drug-likeness (QED) is 0.603. The summed E-state index contributed by atoms with van der Waals surface area (Å²) in [5.74, 6) is 0.560. The Hall–Kier alpha value is -0.755. The molecule has 1 saturated heterocycles. The number of aromatic nitrogens is 2. The number of thiol groups is 1. The highest BCUT2D eigenvalue weighted by Crippen LogP contribution is 2.39. The number of hydrogen-bond donors (Lipinski definition) is 2. The predicted molar refractivity (Wildman–Crippen MR) is 102 cm³/mol. The van der Waals surface area contributed by atoms with E-state index >= 15 is 0 Å². The molecule has 1 aliphatic heterocycles. The topological polar surface area (TPSA) is 47.1 Å². The van der Waals surface area contributed by atoms with E-state index in [9.17, 15) is 0 Å². The maximum Gasteiger partial charge on any atom is 0.491 e. The van der Waals surface area contributed by atoms with Crippen molar-refractivity contribution in [3.8, 4) is 0 Å². The van der Waals surface area contributed by atoms with Gasteiger partial charge in [0.15, 0.2) is 0 Å². The first-order valence-electron chi connectivity index (χ1n) is 7.53. The smallest absolute Gasteiger partial charge is 0.400 e. The van der Waals surface area contributed by atoms with E-state index in [0.29, 0.717) is 5.75 Å². The van der Waals surface area contributed by atoms with E-state index < -0.39 is 0 Å². The second-order valence-corrected chi connectivity index (χ2v) is 7.99. The van der Waals surface area contributed by atoms with E-state index in [-0.39, 0.29) is 18.3 Å². The minimum Gasteiger partial charge on any atom is -0.400 e. The molecule has 1 aliphatic rings. The molecule has 0 atom stereocenters. The number of pyridine rings is 1. The van der Waals surface area contributed by atoms with Crippen molar-refractivity contribution in [1.29, 1.82) is 0 Å². The van der Waals surface area contributed by atoms with Crippen LogP contribution in [0, 0.1) is 0 Å². The lowest BCUT2D eigenvalue weighted by Crippen LogP contribution is -2.41. The molecule has 3 heterocycles. The Bertz CT molecular complexity index is 757. The number of fused-ring (bicyclic) bond motifs is 1. The van der Waals surface area contributed by atoms with Gasteiger partial charge in [0.2, 0.25) is 0 Å². The minimum absolute atomic E-state index is 0.357. The molecule has 0 bridgehead atoms. The van der Waals surface area contributed by atoms with Gasteiger partial charge in [-0.25, -0.2) is 4.98 Å². The fourth-order valence-electron chi connectivity index (χ4n) is 2.50. The molecule has 4 nitrogen and oxygen atoms in total. The number of nitrogens with one attached hydrogen (secondary N) is 1. The van der Waals surface area contributed by atoms with Gasteiger partial charge < -0.3 is 14.3 Å². The third-order valence-electron chi connectivity index (χ3n) is 4.61. The molecule has 2 aromatic rings. The molecule has 0 aromatic carbocycles. The first-order chi connectivity index (χ1) is 10.7. The molecule has 1 N–H and O–H groups in total. The van der Waals surface area contributed by atoms with Crippen molar-refractivity contribution in [1.82, 2.24) is 9.97 Å². The van der Waals surface area contributed by atoms with Gasteiger partial charge in [-0.05, 0) is 55.2 Å². The Kier molecular flexibility index (Phi) is 4.42. The third-order valence-corrected chi connectivity index (χ3v) is 5.41. The monoisotopic (exact) mass is 394 g/mol. The van der Waals surface area contributed by atoms with Crippen molar-refractivity contribution in [2.45, 2.75) is 38.9 Å². The maximum absolute atomic E-state index is 6.13. The molecule has 23 heavy (non-hydrogen) atoms. The molecule has 0 spiro atoms. The van der Waals surface area contributed by atoms with Crippen LogP contribution in [0.25, 0.3) is 17.1 Å². The van der Waals surface area contributed by atoms with Crippen LogP contribution in [0.5, 0.6) is 0 Å². The number of nitrogens with zero attached hydrogens (tertiary/aromatic N) is 1. The summed E-state index contributed by atoms with van der Waals surface area (Å²) in [7, 11) is -0.387. The van der Waals surface area contributed by atoms with Crippen molar-refractivity contribution in [2.75, 3.05) is 5.75 Å². The van der Waals surface area contributed by atoms with Crippen molar-refractivity contribution < 1.29 is 9.31 Å². The first kappa shape index (κ1) is 17.1. The van der Waals surface area contributed by atoms with Gasteiger partial charge in [0, 0.05) is 33.6 Å². The summed E-state index contributed by atoms with van der Waals surface area (Å²) in [6.45, 7) is 8.21. The van der Waals surface area contributed by atoms with Gasteiger partial charge in [0.1, 0.15) is 5.65 Å². The average molecular weight is 395 g/mol. The first-order valence-corrected chi connectivity index (χ1v) is 8.96. The van der Waals surface area contributed by atoms with Crippen LogP contribution in [0.4, 0.5) is 0 Å². The van der Waals surface area contributed by atoms with Gasteiger partial charge in [0.25, 0.3) is 0 Å². The van der Waals surface area contributed by atoms with E-state index in [1.807, 2.05) is 12.3 Å². The molecule has 0 amide bonds. The fourth-order valence-corrected chi connectivity index (χ4v) is 3.07. The van der Waals surface area contributed by atoms with Crippen LogP contribution in [0.15, 0.2) is 28.4 Å². The normalized spacial score (nSPS) is 20.4. The fraction of sp³-hybridized carbons (Fsp3) is 0.438. The van der Waals surface area contributed by atoms with Crippen molar-refractivity contribution >= 4 is 52.8 Å². The largest absolute Gasteiger partial charge is 0.491 e. The maximum atomic E-state index is 6.13. The van der Waals surface area contributed by atoms with E-state index in [4.69, 9.17) is 9.31 Å². The number of halogens is 1. The lowest BCUT2D eigenvalue weighted by atomic mass is 9.78. The van der Waals surface area contributed by atoms with Crippen molar-refractivity contribution in [3.05, 3.63) is 34.0 Å². The standard InChI is InChI=1S/C16H20BBrN2O2S/c1-15(2)16(3,4)22-17(21-15)11(9-23)5-10-7-19-14-13(10)6-12(18)8-20-14/h5-8,23H,9H2,1-4H3,(H,19,20). The zero-order valence-electron chi connectivity index (χ0n) is 13.7. The molecule has 0 radical (unpaired) electrons. The number of aromatic amines is 1. The number of H-pyrrole nitrogens is 1. The van der Waals surface area contributed by atoms with Crippen LogP contribution in [-0.2, 0) is 9.31 Å². The second-order valence-electron chi connectivity index (χ2n) is 6.76. The highest BCUT2D eigenvalue weighted by Gasteiger charge is 2.52. The van der Waals surface area contributed by atoms with Crippen LogP contribution in [0.1, 0.15) is 33.3 Å². The van der Waals surface area contributed by atoms with Crippen LogP contribution in [0.3, 0.4) is 0 Å². The zero-order chi connectivity index (χ0) is 16.8. The van der Waals surface area contributed by atoms with Crippen molar-refractivity contribution in [3.63, 3.8) is 0 Å². The van der Waals surface area contributed by atoms with Gasteiger partial charge >= 0.3 is 7.12 Å². The number of rotatable bonds is 3. The Labute approximate surface area is 150 Å². The number of hydrogen-bond acceptors (Lipinski definition) is 4. The van der Waals surface area contributed by atoms with Gasteiger partial charge in [-0.15, -0.1) is 0 Å². The molecule has 122 valence electrons. The summed E-state index contributed by atoms with van der Waals surface area (Å²) in [5, 5.41) is 1.05. The SMILES string of the molecule is CC1(C)OB(C(=Cc2c[nH]c3ncc(Br)cc23)CS)OC1(C)C. The van der Waals surface area contributed by atoms with Crippen LogP contribution in [-0.4, -0.2) is 34.0 Å². The van der Waals surface area contributed by atoms with Gasteiger partial charge in [-0.2, -0.15) is 12.6 Å². The summed E-state index contributed by atoms with van der Waals surface area (Å²) >= 11 is 7.94. The lowest BCUT2D eigenvalue weighted by molar-refractivity contribution is 0.00578. The molecule has 7 heteroatoms. The Morgan fingerprint density at radius 3 is 2.61 bits per heavy atom. The Balaban J connectivity index is 1.97. The molecular weight excluding hydrogens is 375 g/mol. The van der Waals surface area contributed by atoms with E-state index in [2.05, 4.69) is 72.3 Å². The minimum atomic E-state index is -0.387. The third kappa shape index (κ3) is 3.12. The highest BCUT2D eigenvalue weighted by molar-refractivity contribution is 9.10. The summed E-state index contributed by atoms with van der Waals surface area (Å²) in [5.41, 5.74) is 2.18. The summed E-state index contributed by atoms with van der Waals surface area (Å²) < 4.78 is 13.2. The van der Waals surface area contributed by atoms with E-state index in [1.54, 1.807) is 6.20 Å². The Morgan fingerprint density at radius 2 is 2.00 bits per heavy atom. The predicted octanol–water partition coefficient (Wildman–Crippen LogP) is 4.27. The Morgan fingerprint density at radius 1 is 1.35 bits per heavy atom. The van der Waals surface area contributed by atoms with E-state index in [1.165, 1.54) is 0 Å². The van der Waals surface area contributed by atoms with Crippen LogP contribution < -0.4 is 0 Å². The molecule has 1 fully saturated rings. The van der Waals surface area contributed by atoms with Gasteiger partial charge in [-0.1, -0.05) is 6.08 Å². The summed E-state index contributed by atoms with van der Waals surface area (Å²) in [4.78, 5) is 7.55.